The summed E-state index contributed by atoms with van der Waals surface area (Å²) >= 11 is 0. The lowest BCUT2D eigenvalue weighted by atomic mass is 10.1. The van der Waals surface area contributed by atoms with Crippen molar-refractivity contribution in [2.24, 2.45) is 0 Å². The molecule has 0 aliphatic carbocycles. The smallest absolute Gasteiger partial charge is 0.153 e. The first-order valence-corrected chi connectivity index (χ1v) is 5.96. The number of phenols is 1. The van der Waals surface area contributed by atoms with Crippen LogP contribution in [0.2, 0.25) is 0 Å². The predicted octanol–water partition coefficient (Wildman–Crippen LogP) is 2.44. The molecule has 3 aromatic rings. The number of pyridine rings is 1. The van der Waals surface area contributed by atoms with Crippen LogP contribution in [0.3, 0.4) is 0 Å². The molecule has 19 heavy (non-hydrogen) atoms. The molecular weight excluding hydrogens is 240 g/mol. The van der Waals surface area contributed by atoms with Gasteiger partial charge < -0.3 is 9.51 Å². The number of aromatic nitrogens is 2. The molecule has 0 unspecified atom stereocenters. The lowest BCUT2D eigenvalue weighted by Gasteiger charge is -1.97. The maximum atomic E-state index is 10.9. The Hall–Kier alpha value is -2.62. The second kappa shape index (κ2) is 4.57. The van der Waals surface area contributed by atoms with Gasteiger partial charge in [0, 0.05) is 18.8 Å². The van der Waals surface area contributed by atoms with Crippen LogP contribution in [0.1, 0.15) is 21.6 Å². The molecule has 4 nitrogen and oxygen atoms in total. The SMILES string of the molecule is O=Cc1cccn2cc(Cc3ccc(O)cc3)nc12. The van der Waals surface area contributed by atoms with Gasteiger partial charge in [0.15, 0.2) is 6.29 Å². The van der Waals surface area contributed by atoms with Crippen molar-refractivity contribution < 1.29 is 9.90 Å². The van der Waals surface area contributed by atoms with Gasteiger partial charge in [0.25, 0.3) is 0 Å². The third kappa shape index (κ3) is 2.20. The van der Waals surface area contributed by atoms with Crippen LogP contribution >= 0.6 is 0 Å². The van der Waals surface area contributed by atoms with Crippen LogP contribution in [0.25, 0.3) is 5.65 Å². The molecule has 0 saturated heterocycles. The van der Waals surface area contributed by atoms with E-state index in [1.807, 2.05) is 35.0 Å². The molecule has 0 aliphatic heterocycles. The van der Waals surface area contributed by atoms with Crippen molar-refractivity contribution in [3.63, 3.8) is 0 Å². The number of imidazole rings is 1. The van der Waals surface area contributed by atoms with Crippen LogP contribution in [0, 0.1) is 0 Å². The van der Waals surface area contributed by atoms with Gasteiger partial charge in [0.05, 0.1) is 11.3 Å². The number of nitrogens with zero attached hydrogens (tertiary/aromatic N) is 2. The van der Waals surface area contributed by atoms with Crippen LogP contribution < -0.4 is 0 Å². The quantitative estimate of drug-likeness (QED) is 0.728. The van der Waals surface area contributed by atoms with Crippen molar-refractivity contribution in [3.8, 4) is 5.75 Å². The topological polar surface area (TPSA) is 54.6 Å². The van der Waals surface area contributed by atoms with Gasteiger partial charge in [-0.1, -0.05) is 12.1 Å². The monoisotopic (exact) mass is 252 g/mol. The third-order valence-corrected chi connectivity index (χ3v) is 3.01. The summed E-state index contributed by atoms with van der Waals surface area (Å²) in [5.41, 5.74) is 3.21. The highest BCUT2D eigenvalue weighted by atomic mass is 16.3. The number of benzene rings is 1. The second-order valence-corrected chi connectivity index (χ2v) is 4.39. The Bertz CT molecular complexity index is 729. The highest BCUT2D eigenvalue weighted by Gasteiger charge is 2.06. The first-order valence-electron chi connectivity index (χ1n) is 5.96. The van der Waals surface area contributed by atoms with E-state index in [-0.39, 0.29) is 5.75 Å². The maximum absolute atomic E-state index is 10.9. The number of aldehydes is 1. The third-order valence-electron chi connectivity index (χ3n) is 3.01. The zero-order chi connectivity index (χ0) is 13.2. The van der Waals surface area contributed by atoms with Crippen molar-refractivity contribution in [2.75, 3.05) is 0 Å². The van der Waals surface area contributed by atoms with E-state index in [4.69, 9.17) is 0 Å². The minimum atomic E-state index is 0.252. The minimum absolute atomic E-state index is 0.252. The van der Waals surface area contributed by atoms with Gasteiger partial charge >= 0.3 is 0 Å². The summed E-state index contributed by atoms with van der Waals surface area (Å²) in [6.45, 7) is 0. The molecule has 0 radical (unpaired) electrons. The predicted molar refractivity (Wildman–Crippen MR) is 71.5 cm³/mol. The second-order valence-electron chi connectivity index (χ2n) is 4.39. The summed E-state index contributed by atoms with van der Waals surface area (Å²) < 4.78 is 1.85. The highest BCUT2D eigenvalue weighted by Crippen LogP contribution is 2.15. The van der Waals surface area contributed by atoms with E-state index in [0.29, 0.717) is 17.6 Å². The average Bonchev–Trinajstić information content (AvgIpc) is 2.83. The van der Waals surface area contributed by atoms with E-state index < -0.39 is 0 Å². The van der Waals surface area contributed by atoms with Gasteiger partial charge in [-0.15, -0.1) is 0 Å². The fourth-order valence-electron chi connectivity index (χ4n) is 2.09. The zero-order valence-corrected chi connectivity index (χ0v) is 10.2. The lowest BCUT2D eigenvalue weighted by molar-refractivity contribution is 0.112. The molecule has 3 rings (SSSR count). The van der Waals surface area contributed by atoms with Crippen LogP contribution in [-0.4, -0.2) is 20.8 Å². The first-order chi connectivity index (χ1) is 9.26. The largest absolute Gasteiger partial charge is 0.508 e. The van der Waals surface area contributed by atoms with Crippen molar-refractivity contribution in [2.45, 2.75) is 6.42 Å². The Balaban J connectivity index is 1.97. The summed E-state index contributed by atoms with van der Waals surface area (Å²) in [5.74, 6) is 0.252. The molecule has 94 valence electrons. The molecular formula is C15H12N2O2. The van der Waals surface area contributed by atoms with Gasteiger partial charge in [-0.05, 0) is 29.8 Å². The van der Waals surface area contributed by atoms with E-state index in [2.05, 4.69) is 4.98 Å². The lowest BCUT2D eigenvalue weighted by Crippen LogP contribution is -1.89. The Labute approximate surface area is 110 Å². The molecule has 0 bridgehead atoms. The normalized spacial score (nSPS) is 10.7. The van der Waals surface area contributed by atoms with Gasteiger partial charge in [-0.25, -0.2) is 4.98 Å². The van der Waals surface area contributed by atoms with Crippen LogP contribution in [0.15, 0.2) is 48.8 Å². The van der Waals surface area contributed by atoms with Gasteiger partial charge in [-0.2, -0.15) is 0 Å². The molecule has 1 N–H and O–H groups in total. The summed E-state index contributed by atoms with van der Waals surface area (Å²) in [7, 11) is 0. The fourth-order valence-corrected chi connectivity index (χ4v) is 2.09. The van der Waals surface area contributed by atoms with Crippen molar-refractivity contribution in [3.05, 3.63) is 65.6 Å². The molecule has 0 aliphatic rings. The fraction of sp³-hybridized carbons (Fsp3) is 0.0667. The average molecular weight is 252 g/mol. The number of hydrogen-bond acceptors (Lipinski definition) is 3. The number of phenolic OH excluding ortho intramolecular Hbond substituents is 1. The molecule has 4 heteroatoms. The summed E-state index contributed by atoms with van der Waals surface area (Å²) in [5, 5.41) is 9.25. The Morgan fingerprint density at radius 3 is 2.74 bits per heavy atom. The number of aromatic hydroxyl groups is 1. The van der Waals surface area contributed by atoms with Crippen molar-refractivity contribution in [1.82, 2.24) is 9.38 Å². The van der Waals surface area contributed by atoms with Gasteiger partial charge in [0.1, 0.15) is 11.4 Å². The molecule has 0 atom stereocenters. The highest BCUT2D eigenvalue weighted by molar-refractivity contribution is 5.84. The summed E-state index contributed by atoms with van der Waals surface area (Å²) in [6, 6.07) is 10.6. The van der Waals surface area contributed by atoms with Crippen LogP contribution in [0.4, 0.5) is 0 Å². The first kappa shape index (κ1) is 11.5. The molecule has 0 spiro atoms. The van der Waals surface area contributed by atoms with Crippen LogP contribution in [0.5, 0.6) is 5.75 Å². The number of carbonyl (C=O) groups is 1. The zero-order valence-electron chi connectivity index (χ0n) is 10.2. The van der Waals surface area contributed by atoms with E-state index in [1.165, 1.54) is 0 Å². The Morgan fingerprint density at radius 1 is 1.21 bits per heavy atom. The van der Waals surface area contributed by atoms with Gasteiger partial charge in [-0.3, -0.25) is 4.79 Å². The van der Waals surface area contributed by atoms with Crippen LogP contribution in [-0.2, 0) is 6.42 Å². The minimum Gasteiger partial charge on any atom is -0.508 e. The maximum Gasteiger partial charge on any atom is 0.153 e. The standard InChI is InChI=1S/C15H12N2O2/c18-10-12-2-1-7-17-9-13(16-15(12)17)8-11-3-5-14(19)6-4-11/h1-7,9-10,19H,8H2. The van der Waals surface area contributed by atoms with Crippen molar-refractivity contribution >= 4 is 11.9 Å². The summed E-state index contributed by atoms with van der Waals surface area (Å²) in [6.07, 6.45) is 5.26. The molecule has 2 aromatic heterocycles. The Kier molecular flexibility index (Phi) is 2.76. The number of rotatable bonds is 3. The molecule has 1 aromatic carbocycles. The van der Waals surface area contributed by atoms with E-state index in [0.717, 1.165) is 17.5 Å². The van der Waals surface area contributed by atoms with E-state index in [1.54, 1.807) is 18.2 Å². The Morgan fingerprint density at radius 2 is 2.00 bits per heavy atom. The molecule has 0 fully saturated rings. The van der Waals surface area contributed by atoms with Gasteiger partial charge in [0.2, 0.25) is 0 Å². The number of fused-ring (bicyclic) bond motifs is 1. The van der Waals surface area contributed by atoms with E-state index >= 15 is 0 Å². The molecule has 2 heterocycles. The molecule has 0 saturated carbocycles. The van der Waals surface area contributed by atoms with Crippen molar-refractivity contribution in [1.29, 1.82) is 0 Å². The summed E-state index contributed by atoms with van der Waals surface area (Å²) in [4.78, 5) is 15.4. The van der Waals surface area contributed by atoms with E-state index in [9.17, 15) is 9.90 Å². The number of carbonyl (C=O) groups excluding carboxylic acids is 1. The number of hydrogen-bond donors (Lipinski definition) is 1. The molecule has 0 amide bonds.